The van der Waals surface area contributed by atoms with Gasteiger partial charge in [-0.1, -0.05) is 26.0 Å². The molecule has 22 heavy (non-hydrogen) atoms. The van der Waals surface area contributed by atoms with Crippen molar-refractivity contribution in [2.24, 2.45) is 11.3 Å². The van der Waals surface area contributed by atoms with Crippen LogP contribution in [-0.4, -0.2) is 36.6 Å². The van der Waals surface area contributed by atoms with Crippen molar-refractivity contribution in [3.63, 3.8) is 0 Å². The number of amides is 1. The van der Waals surface area contributed by atoms with E-state index in [1.165, 1.54) is 18.2 Å². The molecule has 0 aromatic heterocycles. The zero-order valence-electron chi connectivity index (χ0n) is 13.3. The normalized spacial score (nSPS) is 29.2. The van der Waals surface area contributed by atoms with Crippen LogP contribution in [0.25, 0.3) is 6.08 Å². The summed E-state index contributed by atoms with van der Waals surface area (Å²) in [5, 5.41) is 0. The lowest BCUT2D eigenvalue weighted by Crippen LogP contribution is -2.66. The van der Waals surface area contributed by atoms with Crippen molar-refractivity contribution in [3.8, 4) is 0 Å². The van der Waals surface area contributed by atoms with Crippen LogP contribution in [0.5, 0.6) is 0 Å². The molecule has 4 heteroatoms. The van der Waals surface area contributed by atoms with E-state index in [2.05, 4.69) is 13.8 Å². The molecule has 1 amide bonds. The number of hydrogen-bond acceptors (Lipinski definition) is 2. The second-order valence-electron chi connectivity index (χ2n) is 6.85. The minimum atomic E-state index is -0.297. The summed E-state index contributed by atoms with van der Waals surface area (Å²) < 4.78 is 18.9. The van der Waals surface area contributed by atoms with Crippen molar-refractivity contribution in [2.45, 2.75) is 32.4 Å². The molecule has 3 rings (SSSR count). The van der Waals surface area contributed by atoms with Gasteiger partial charge in [-0.3, -0.25) is 4.79 Å². The fraction of sp³-hybridized carbons (Fsp3) is 0.500. The van der Waals surface area contributed by atoms with Crippen LogP contribution in [0.2, 0.25) is 0 Å². The van der Waals surface area contributed by atoms with Gasteiger partial charge < -0.3 is 9.64 Å². The summed E-state index contributed by atoms with van der Waals surface area (Å²) in [7, 11) is 1.85. The lowest BCUT2D eigenvalue weighted by atomic mass is 9.57. The molecule has 0 radical (unpaired) electrons. The van der Waals surface area contributed by atoms with Gasteiger partial charge in [-0.25, -0.2) is 4.39 Å². The Morgan fingerprint density at radius 1 is 1.45 bits per heavy atom. The van der Waals surface area contributed by atoms with Gasteiger partial charge in [-0.2, -0.15) is 0 Å². The Morgan fingerprint density at radius 3 is 2.95 bits per heavy atom. The molecule has 0 bridgehead atoms. The quantitative estimate of drug-likeness (QED) is 0.803. The number of halogens is 1. The van der Waals surface area contributed by atoms with E-state index in [1.54, 1.807) is 18.2 Å². The molecule has 1 heterocycles. The maximum Gasteiger partial charge on any atom is 0.246 e. The van der Waals surface area contributed by atoms with Gasteiger partial charge in [-0.15, -0.1) is 0 Å². The molecule has 1 saturated heterocycles. The standard InChI is InChI=1S/C18H22FNO2/c1-18(2)16(14-9-10-22-17(14)18)20(3)15(21)8-7-12-5-4-6-13(19)11-12/h4-8,11,14,16-17H,9-10H2,1-3H3/b8-7+. The Morgan fingerprint density at radius 2 is 2.23 bits per heavy atom. The first kappa shape index (κ1) is 15.2. The molecule has 3 nitrogen and oxygen atoms in total. The second-order valence-corrected chi connectivity index (χ2v) is 6.85. The Kier molecular flexibility index (Phi) is 3.81. The van der Waals surface area contributed by atoms with Crippen LogP contribution < -0.4 is 0 Å². The Balaban J connectivity index is 1.70. The van der Waals surface area contributed by atoms with Crippen molar-refractivity contribution in [2.75, 3.05) is 13.7 Å². The second kappa shape index (κ2) is 5.51. The number of carbonyl (C=O) groups is 1. The van der Waals surface area contributed by atoms with Crippen molar-refractivity contribution in [3.05, 3.63) is 41.7 Å². The molecule has 3 atom stereocenters. The number of nitrogens with zero attached hydrogens (tertiary/aromatic N) is 1. The topological polar surface area (TPSA) is 29.5 Å². The van der Waals surface area contributed by atoms with Crippen molar-refractivity contribution >= 4 is 12.0 Å². The monoisotopic (exact) mass is 303 g/mol. The van der Waals surface area contributed by atoms with Gasteiger partial charge in [0.1, 0.15) is 5.82 Å². The van der Waals surface area contributed by atoms with Gasteiger partial charge in [0.15, 0.2) is 0 Å². The molecule has 1 saturated carbocycles. The molecule has 2 fully saturated rings. The summed E-state index contributed by atoms with van der Waals surface area (Å²) >= 11 is 0. The highest BCUT2D eigenvalue weighted by molar-refractivity contribution is 5.92. The van der Waals surface area contributed by atoms with Gasteiger partial charge in [0, 0.05) is 37.1 Å². The van der Waals surface area contributed by atoms with Crippen LogP contribution in [0.15, 0.2) is 30.3 Å². The molecule has 1 aromatic carbocycles. The largest absolute Gasteiger partial charge is 0.377 e. The molecular weight excluding hydrogens is 281 g/mol. The molecule has 3 unspecified atom stereocenters. The van der Waals surface area contributed by atoms with Gasteiger partial charge >= 0.3 is 0 Å². The van der Waals surface area contributed by atoms with Gasteiger partial charge in [0.25, 0.3) is 0 Å². The van der Waals surface area contributed by atoms with Crippen molar-refractivity contribution in [1.82, 2.24) is 4.90 Å². The van der Waals surface area contributed by atoms with E-state index in [1.807, 2.05) is 11.9 Å². The van der Waals surface area contributed by atoms with Gasteiger partial charge in [0.2, 0.25) is 5.91 Å². The van der Waals surface area contributed by atoms with Crippen LogP contribution in [0, 0.1) is 17.2 Å². The molecule has 1 aliphatic heterocycles. The highest BCUT2D eigenvalue weighted by atomic mass is 19.1. The predicted molar refractivity (Wildman–Crippen MR) is 83.6 cm³/mol. The third-order valence-corrected chi connectivity index (χ3v) is 5.07. The maximum atomic E-state index is 13.1. The van der Waals surface area contributed by atoms with E-state index >= 15 is 0 Å². The summed E-state index contributed by atoms with van der Waals surface area (Å²) in [4.78, 5) is 14.2. The summed E-state index contributed by atoms with van der Waals surface area (Å²) in [6, 6.07) is 6.42. The maximum absolute atomic E-state index is 13.1. The van der Waals surface area contributed by atoms with E-state index in [-0.39, 0.29) is 29.3 Å². The smallest absolute Gasteiger partial charge is 0.246 e. The number of benzene rings is 1. The molecule has 2 aliphatic rings. The average molecular weight is 303 g/mol. The zero-order valence-corrected chi connectivity index (χ0v) is 13.3. The SMILES string of the molecule is CN(C(=O)/C=C/c1cccc(F)c1)C1C2CCOC2C1(C)C. The number of likely N-dealkylation sites (N-methyl/N-ethyl adjacent to an activating group) is 1. The molecule has 0 N–H and O–H groups in total. The molecular formula is C18H22FNO2. The fourth-order valence-electron chi connectivity index (χ4n) is 4.12. The fourth-order valence-corrected chi connectivity index (χ4v) is 4.12. The number of ether oxygens (including phenoxy) is 1. The summed E-state index contributed by atoms with van der Waals surface area (Å²) in [5.41, 5.74) is 0.676. The Hall–Kier alpha value is -1.68. The number of rotatable bonds is 3. The first-order chi connectivity index (χ1) is 10.4. The van der Waals surface area contributed by atoms with Crippen molar-refractivity contribution < 1.29 is 13.9 Å². The highest BCUT2D eigenvalue weighted by Crippen LogP contribution is 2.54. The van der Waals surface area contributed by atoms with Gasteiger partial charge in [-0.05, 0) is 30.2 Å². The summed E-state index contributed by atoms with van der Waals surface area (Å²) in [6.07, 6.45) is 4.47. The number of fused-ring (bicyclic) bond motifs is 1. The zero-order chi connectivity index (χ0) is 15.9. The third kappa shape index (κ3) is 2.45. The van der Waals surface area contributed by atoms with Crippen LogP contribution in [0.4, 0.5) is 4.39 Å². The Labute approximate surface area is 130 Å². The lowest BCUT2D eigenvalue weighted by Gasteiger charge is -2.57. The van der Waals surface area contributed by atoms with E-state index in [4.69, 9.17) is 4.74 Å². The van der Waals surface area contributed by atoms with Crippen LogP contribution >= 0.6 is 0 Å². The molecule has 118 valence electrons. The van der Waals surface area contributed by atoms with E-state index in [9.17, 15) is 9.18 Å². The minimum Gasteiger partial charge on any atom is -0.377 e. The lowest BCUT2D eigenvalue weighted by molar-refractivity contribution is -0.163. The van der Waals surface area contributed by atoms with Crippen LogP contribution in [0.1, 0.15) is 25.8 Å². The van der Waals surface area contributed by atoms with E-state index < -0.39 is 0 Å². The minimum absolute atomic E-state index is 0.0156. The van der Waals surface area contributed by atoms with Gasteiger partial charge in [0.05, 0.1) is 6.10 Å². The summed E-state index contributed by atoms with van der Waals surface area (Å²) in [6.45, 7) is 5.10. The number of hydrogen-bond donors (Lipinski definition) is 0. The van der Waals surface area contributed by atoms with Crippen LogP contribution in [0.3, 0.4) is 0 Å². The van der Waals surface area contributed by atoms with E-state index in [0.717, 1.165) is 13.0 Å². The van der Waals surface area contributed by atoms with Crippen LogP contribution in [-0.2, 0) is 9.53 Å². The highest BCUT2D eigenvalue weighted by Gasteiger charge is 2.61. The Bertz CT molecular complexity index is 611. The first-order valence-corrected chi connectivity index (χ1v) is 7.73. The first-order valence-electron chi connectivity index (χ1n) is 7.73. The van der Waals surface area contributed by atoms with Crippen molar-refractivity contribution in [1.29, 1.82) is 0 Å². The number of carbonyl (C=O) groups excluding carboxylic acids is 1. The third-order valence-electron chi connectivity index (χ3n) is 5.07. The average Bonchev–Trinajstić information content (AvgIpc) is 2.91. The molecule has 1 aromatic rings. The van der Waals surface area contributed by atoms with E-state index in [0.29, 0.717) is 11.5 Å². The summed E-state index contributed by atoms with van der Waals surface area (Å²) in [5.74, 6) is 0.0910. The molecule has 0 spiro atoms. The predicted octanol–water partition coefficient (Wildman–Crippen LogP) is 3.11. The molecule has 1 aliphatic carbocycles.